The van der Waals surface area contributed by atoms with Crippen LogP contribution in [0, 0.1) is 11.3 Å². The Morgan fingerprint density at radius 3 is 2.39 bits per heavy atom. The van der Waals surface area contributed by atoms with Crippen LogP contribution in [0.15, 0.2) is 60.3 Å². The first-order valence-corrected chi connectivity index (χ1v) is 9.04. The molecule has 0 heterocycles. The van der Waals surface area contributed by atoms with E-state index in [9.17, 15) is 10.1 Å². The molecule has 0 bridgehead atoms. The first kappa shape index (κ1) is 20.8. The summed E-state index contributed by atoms with van der Waals surface area (Å²) in [6.07, 6.45) is 2.90. The normalized spacial score (nSPS) is 10.7. The minimum absolute atomic E-state index is 0.0559. The monoisotopic (exact) mass is 379 g/mol. The fourth-order valence-corrected chi connectivity index (χ4v) is 2.64. The Balaban J connectivity index is 1.79. The molecule has 0 unspecified atom stereocenters. The molecule has 2 aromatic carbocycles. The average molecular weight is 379 g/mol. The molecule has 0 aromatic heterocycles. The molecule has 0 radical (unpaired) electrons. The van der Waals surface area contributed by atoms with Crippen molar-refractivity contribution in [2.75, 3.05) is 27.3 Å². The lowest BCUT2D eigenvalue weighted by molar-refractivity contribution is -0.117. The van der Waals surface area contributed by atoms with Crippen LogP contribution < -0.4 is 20.1 Å². The molecule has 2 aromatic rings. The van der Waals surface area contributed by atoms with E-state index in [0.29, 0.717) is 31.0 Å². The van der Waals surface area contributed by atoms with Crippen LogP contribution in [-0.4, -0.2) is 33.2 Å². The highest BCUT2D eigenvalue weighted by atomic mass is 16.5. The molecule has 6 nitrogen and oxygen atoms in total. The number of amides is 1. The van der Waals surface area contributed by atoms with Crippen molar-refractivity contribution in [2.45, 2.75) is 12.8 Å². The van der Waals surface area contributed by atoms with Gasteiger partial charge in [-0.15, -0.1) is 0 Å². The van der Waals surface area contributed by atoms with Crippen LogP contribution in [-0.2, 0) is 17.6 Å². The van der Waals surface area contributed by atoms with Gasteiger partial charge in [0.25, 0.3) is 5.91 Å². The molecule has 0 aliphatic rings. The van der Waals surface area contributed by atoms with Crippen molar-refractivity contribution in [2.24, 2.45) is 0 Å². The van der Waals surface area contributed by atoms with Crippen molar-refractivity contribution in [3.05, 3.63) is 71.4 Å². The minimum Gasteiger partial charge on any atom is -0.493 e. The van der Waals surface area contributed by atoms with E-state index in [4.69, 9.17) is 9.47 Å². The van der Waals surface area contributed by atoms with Gasteiger partial charge in [-0.2, -0.15) is 5.26 Å². The average Bonchev–Trinajstić information content (AvgIpc) is 2.74. The minimum atomic E-state index is -0.393. The van der Waals surface area contributed by atoms with E-state index in [-0.39, 0.29) is 5.57 Å². The number of rotatable bonds is 10. The molecule has 28 heavy (non-hydrogen) atoms. The molecule has 0 atom stereocenters. The highest BCUT2D eigenvalue weighted by Crippen LogP contribution is 2.27. The van der Waals surface area contributed by atoms with E-state index < -0.39 is 5.91 Å². The standard InChI is InChI=1S/C22H25N3O3/c1-27-20-9-8-18(14-21(20)28-2)11-13-25-22(26)19(15-23)16-24-12-10-17-6-4-3-5-7-17/h3-9,14,16,24H,10-13H2,1-2H3,(H,25,26)/b19-16-. The van der Waals surface area contributed by atoms with Crippen molar-refractivity contribution >= 4 is 5.91 Å². The van der Waals surface area contributed by atoms with Gasteiger partial charge in [0.15, 0.2) is 11.5 Å². The van der Waals surface area contributed by atoms with Crippen molar-refractivity contribution in [3.63, 3.8) is 0 Å². The van der Waals surface area contributed by atoms with Crippen molar-refractivity contribution in [3.8, 4) is 17.6 Å². The van der Waals surface area contributed by atoms with Gasteiger partial charge in [-0.05, 0) is 36.1 Å². The fourth-order valence-electron chi connectivity index (χ4n) is 2.64. The second kappa shape index (κ2) is 11.3. The zero-order chi connectivity index (χ0) is 20.2. The maximum atomic E-state index is 12.2. The Morgan fingerprint density at radius 1 is 1.00 bits per heavy atom. The Bertz CT molecular complexity index is 842. The maximum Gasteiger partial charge on any atom is 0.263 e. The summed E-state index contributed by atoms with van der Waals surface area (Å²) < 4.78 is 10.5. The smallest absolute Gasteiger partial charge is 0.263 e. The molecular formula is C22H25N3O3. The van der Waals surface area contributed by atoms with E-state index in [2.05, 4.69) is 10.6 Å². The predicted octanol–water partition coefficient (Wildman–Crippen LogP) is 2.60. The van der Waals surface area contributed by atoms with Gasteiger partial charge >= 0.3 is 0 Å². The number of ether oxygens (including phenoxy) is 2. The van der Waals surface area contributed by atoms with Crippen LogP contribution in [0.2, 0.25) is 0 Å². The second-order valence-corrected chi connectivity index (χ2v) is 6.05. The van der Waals surface area contributed by atoms with Gasteiger partial charge in [0, 0.05) is 19.3 Å². The first-order chi connectivity index (χ1) is 13.7. The molecule has 0 spiro atoms. The number of hydrogen-bond donors (Lipinski definition) is 2. The molecule has 0 aliphatic carbocycles. The lowest BCUT2D eigenvalue weighted by Crippen LogP contribution is -2.28. The number of methoxy groups -OCH3 is 2. The molecule has 0 fully saturated rings. The number of nitrogens with one attached hydrogen (secondary N) is 2. The molecule has 146 valence electrons. The zero-order valence-electron chi connectivity index (χ0n) is 16.2. The highest BCUT2D eigenvalue weighted by Gasteiger charge is 2.09. The van der Waals surface area contributed by atoms with Crippen LogP contribution in [0.3, 0.4) is 0 Å². The van der Waals surface area contributed by atoms with E-state index in [0.717, 1.165) is 12.0 Å². The van der Waals surface area contributed by atoms with Gasteiger partial charge in [-0.1, -0.05) is 36.4 Å². The van der Waals surface area contributed by atoms with E-state index >= 15 is 0 Å². The quantitative estimate of drug-likeness (QED) is 0.377. The van der Waals surface area contributed by atoms with Gasteiger partial charge < -0.3 is 20.1 Å². The maximum absolute atomic E-state index is 12.2. The van der Waals surface area contributed by atoms with E-state index in [1.165, 1.54) is 11.8 Å². The summed E-state index contributed by atoms with van der Waals surface area (Å²) in [6, 6.07) is 17.6. The third kappa shape index (κ3) is 6.36. The Labute approximate surface area is 165 Å². The number of nitriles is 1. The number of carbonyl (C=O) groups is 1. The largest absolute Gasteiger partial charge is 0.493 e. The van der Waals surface area contributed by atoms with E-state index in [1.54, 1.807) is 14.2 Å². The highest BCUT2D eigenvalue weighted by molar-refractivity contribution is 5.97. The molecule has 6 heteroatoms. The van der Waals surface area contributed by atoms with Crippen LogP contribution in [0.25, 0.3) is 0 Å². The van der Waals surface area contributed by atoms with Gasteiger partial charge in [-0.3, -0.25) is 4.79 Å². The Kier molecular flexibility index (Phi) is 8.41. The SMILES string of the molecule is COc1ccc(CCNC(=O)/C(C#N)=C\NCCc2ccccc2)cc1OC. The summed E-state index contributed by atoms with van der Waals surface area (Å²) in [6.45, 7) is 1.06. The summed E-state index contributed by atoms with van der Waals surface area (Å²) >= 11 is 0. The van der Waals surface area contributed by atoms with Crippen molar-refractivity contribution in [1.29, 1.82) is 5.26 Å². The summed E-state index contributed by atoms with van der Waals surface area (Å²) in [5, 5.41) is 15.0. The summed E-state index contributed by atoms with van der Waals surface area (Å²) in [5.41, 5.74) is 2.25. The molecule has 2 N–H and O–H groups in total. The van der Waals surface area contributed by atoms with Crippen molar-refractivity contribution < 1.29 is 14.3 Å². The predicted molar refractivity (Wildman–Crippen MR) is 108 cm³/mol. The third-order valence-electron chi connectivity index (χ3n) is 4.16. The molecule has 2 rings (SSSR count). The lowest BCUT2D eigenvalue weighted by atomic mass is 10.1. The van der Waals surface area contributed by atoms with E-state index in [1.807, 2.05) is 54.6 Å². The lowest BCUT2D eigenvalue weighted by Gasteiger charge is -2.10. The molecule has 1 amide bonds. The molecule has 0 saturated carbocycles. The summed E-state index contributed by atoms with van der Waals surface area (Å²) in [4.78, 5) is 12.2. The Hall–Kier alpha value is -3.46. The molecule has 0 aliphatic heterocycles. The topological polar surface area (TPSA) is 83.4 Å². The molecular weight excluding hydrogens is 354 g/mol. The van der Waals surface area contributed by atoms with Crippen LogP contribution in [0.1, 0.15) is 11.1 Å². The number of benzene rings is 2. The van der Waals surface area contributed by atoms with Gasteiger partial charge in [0.1, 0.15) is 11.6 Å². The Morgan fingerprint density at radius 2 is 1.71 bits per heavy atom. The zero-order valence-corrected chi connectivity index (χ0v) is 16.2. The summed E-state index contributed by atoms with van der Waals surface area (Å²) in [5.74, 6) is 0.910. The number of nitrogens with zero attached hydrogens (tertiary/aromatic N) is 1. The second-order valence-electron chi connectivity index (χ2n) is 6.05. The third-order valence-corrected chi connectivity index (χ3v) is 4.16. The first-order valence-electron chi connectivity index (χ1n) is 9.04. The van der Waals surface area contributed by atoms with Gasteiger partial charge in [0.05, 0.1) is 14.2 Å². The number of hydrogen-bond acceptors (Lipinski definition) is 5. The molecule has 0 saturated heterocycles. The van der Waals surface area contributed by atoms with Crippen molar-refractivity contribution in [1.82, 2.24) is 10.6 Å². The van der Waals surface area contributed by atoms with Gasteiger partial charge in [0.2, 0.25) is 0 Å². The van der Waals surface area contributed by atoms with Crippen LogP contribution in [0.5, 0.6) is 11.5 Å². The number of carbonyl (C=O) groups excluding carboxylic acids is 1. The van der Waals surface area contributed by atoms with Crippen LogP contribution in [0.4, 0.5) is 0 Å². The van der Waals surface area contributed by atoms with Crippen LogP contribution >= 0.6 is 0 Å². The van der Waals surface area contributed by atoms with Gasteiger partial charge in [-0.25, -0.2) is 0 Å². The fraction of sp³-hybridized carbons (Fsp3) is 0.273. The summed E-state index contributed by atoms with van der Waals surface area (Å²) in [7, 11) is 3.17.